The highest BCUT2D eigenvalue weighted by Gasteiger charge is 2.27. The number of hydrogen-bond donors (Lipinski definition) is 3. The van der Waals surface area contributed by atoms with Gasteiger partial charge in [0.1, 0.15) is 0 Å². The van der Waals surface area contributed by atoms with Crippen LogP contribution < -0.4 is 16.2 Å². The van der Waals surface area contributed by atoms with Crippen molar-refractivity contribution in [2.75, 3.05) is 0 Å². The van der Waals surface area contributed by atoms with E-state index < -0.39 is 11.8 Å². The normalized spacial score (nSPS) is 20.0. The maximum absolute atomic E-state index is 12.1. The topological polar surface area (TPSA) is 87.3 Å². The van der Waals surface area contributed by atoms with E-state index in [1.165, 1.54) is 21.8 Å². The van der Waals surface area contributed by atoms with Gasteiger partial charge in [0.2, 0.25) is 0 Å². The van der Waals surface area contributed by atoms with Gasteiger partial charge in [-0.25, -0.2) is 0 Å². The van der Waals surface area contributed by atoms with E-state index in [2.05, 4.69) is 23.1 Å². The third kappa shape index (κ3) is 3.47. The Kier molecular flexibility index (Phi) is 4.15. The summed E-state index contributed by atoms with van der Waals surface area (Å²) in [6.07, 6.45) is 4.96. The van der Waals surface area contributed by atoms with Crippen molar-refractivity contribution < 1.29 is 14.4 Å². The lowest BCUT2D eigenvalue weighted by molar-refractivity contribution is -0.139. The van der Waals surface area contributed by atoms with Gasteiger partial charge in [0, 0.05) is 10.9 Å². The number of aryl methyl sites for hydroxylation is 1. The molecule has 22 heavy (non-hydrogen) atoms. The van der Waals surface area contributed by atoms with Crippen LogP contribution in [-0.2, 0) is 22.4 Å². The molecule has 0 spiro atoms. The van der Waals surface area contributed by atoms with Crippen molar-refractivity contribution in [3.63, 3.8) is 0 Å². The maximum atomic E-state index is 12.1. The second-order valence-electron chi connectivity index (χ2n) is 6.06. The van der Waals surface area contributed by atoms with E-state index in [0.717, 1.165) is 32.1 Å². The second kappa shape index (κ2) is 6.08. The lowest BCUT2D eigenvalue weighted by Crippen LogP contribution is -2.48. The van der Waals surface area contributed by atoms with Crippen molar-refractivity contribution >= 4 is 29.1 Å². The van der Waals surface area contributed by atoms with Crippen LogP contribution in [0.25, 0.3) is 0 Å². The third-order valence-corrected chi connectivity index (χ3v) is 5.20. The zero-order chi connectivity index (χ0) is 15.7. The average Bonchev–Trinajstić information content (AvgIpc) is 3.20. The number of amides is 3. The molecule has 1 fully saturated rings. The minimum atomic E-state index is -0.838. The van der Waals surface area contributed by atoms with Crippen molar-refractivity contribution in [2.24, 2.45) is 5.92 Å². The summed E-state index contributed by atoms with van der Waals surface area (Å²) >= 11 is 1.46. The van der Waals surface area contributed by atoms with Crippen molar-refractivity contribution in [3.05, 3.63) is 21.4 Å². The van der Waals surface area contributed by atoms with Gasteiger partial charge in [0.25, 0.3) is 5.91 Å². The maximum Gasteiger partial charge on any atom is 0.327 e. The molecule has 118 valence electrons. The number of nitrogens with one attached hydrogen (secondary N) is 3. The Morgan fingerprint density at radius 3 is 2.64 bits per heavy atom. The average molecular weight is 321 g/mol. The highest BCUT2D eigenvalue weighted by molar-refractivity contribution is 7.14. The SMILES string of the molecule is CC1CCc2sc(C(=O)NNC(=O)C(=O)NC3CC3)cc2C1. The van der Waals surface area contributed by atoms with Crippen molar-refractivity contribution in [1.29, 1.82) is 0 Å². The van der Waals surface area contributed by atoms with Crippen molar-refractivity contribution in [2.45, 2.75) is 45.1 Å². The first-order valence-corrected chi connectivity index (χ1v) is 8.37. The summed E-state index contributed by atoms with van der Waals surface area (Å²) in [6, 6.07) is 2.00. The van der Waals surface area contributed by atoms with Gasteiger partial charge >= 0.3 is 11.8 Å². The minimum absolute atomic E-state index is 0.111. The Balaban J connectivity index is 1.53. The molecule has 7 heteroatoms. The number of hydrazine groups is 1. The molecule has 0 aliphatic heterocycles. The Morgan fingerprint density at radius 2 is 1.91 bits per heavy atom. The van der Waals surface area contributed by atoms with Gasteiger partial charge in [-0.15, -0.1) is 11.3 Å². The van der Waals surface area contributed by atoms with Gasteiger partial charge in [0.05, 0.1) is 4.88 Å². The molecule has 1 atom stereocenters. The molecule has 2 aliphatic carbocycles. The minimum Gasteiger partial charge on any atom is -0.345 e. The fourth-order valence-electron chi connectivity index (χ4n) is 2.53. The Hall–Kier alpha value is -1.89. The molecule has 1 unspecified atom stereocenters. The fourth-order valence-corrected chi connectivity index (χ4v) is 3.63. The number of carbonyl (C=O) groups excluding carboxylic acids is 3. The summed E-state index contributed by atoms with van der Waals surface area (Å²) in [5, 5.41) is 2.56. The van der Waals surface area contributed by atoms with Crippen LogP contribution in [0.3, 0.4) is 0 Å². The molecule has 3 rings (SSSR count). The molecular weight excluding hydrogens is 302 g/mol. The van der Waals surface area contributed by atoms with Crippen LogP contribution >= 0.6 is 11.3 Å². The highest BCUT2D eigenvalue weighted by Crippen LogP contribution is 2.32. The molecule has 1 saturated carbocycles. The zero-order valence-corrected chi connectivity index (χ0v) is 13.2. The van der Waals surface area contributed by atoms with E-state index in [-0.39, 0.29) is 11.9 Å². The van der Waals surface area contributed by atoms with Crippen LogP contribution in [0.2, 0.25) is 0 Å². The molecule has 2 aliphatic rings. The summed E-state index contributed by atoms with van der Waals surface area (Å²) in [6.45, 7) is 2.21. The molecule has 0 saturated heterocycles. The molecule has 1 heterocycles. The molecule has 3 N–H and O–H groups in total. The van der Waals surface area contributed by atoms with E-state index in [0.29, 0.717) is 10.8 Å². The standard InChI is InChI=1S/C15H19N3O3S/c1-8-2-5-11-9(6-8)7-12(22-11)13(19)17-18-15(21)14(20)16-10-3-4-10/h7-8,10H,2-6H2,1H3,(H,16,20)(H,17,19)(H,18,21). The first-order chi connectivity index (χ1) is 10.5. The Bertz CT molecular complexity index is 622. The van der Waals surface area contributed by atoms with Crippen molar-refractivity contribution in [3.8, 4) is 0 Å². The number of thiophene rings is 1. The van der Waals surface area contributed by atoms with E-state index >= 15 is 0 Å². The molecule has 1 aromatic rings. The van der Waals surface area contributed by atoms with Gasteiger partial charge in [-0.2, -0.15) is 0 Å². The van der Waals surface area contributed by atoms with Crippen LogP contribution in [0, 0.1) is 5.92 Å². The summed E-state index contributed by atoms with van der Waals surface area (Å²) in [5.74, 6) is -1.28. The summed E-state index contributed by atoms with van der Waals surface area (Å²) < 4.78 is 0. The molecule has 0 radical (unpaired) electrons. The van der Waals surface area contributed by atoms with Gasteiger partial charge in [-0.1, -0.05) is 6.92 Å². The first kappa shape index (κ1) is 15.0. The van der Waals surface area contributed by atoms with Crippen LogP contribution in [0.5, 0.6) is 0 Å². The Morgan fingerprint density at radius 1 is 1.14 bits per heavy atom. The quantitative estimate of drug-likeness (QED) is 0.559. The number of fused-ring (bicyclic) bond motifs is 1. The smallest absolute Gasteiger partial charge is 0.327 e. The van der Waals surface area contributed by atoms with Gasteiger partial charge < -0.3 is 5.32 Å². The van der Waals surface area contributed by atoms with E-state index in [1.54, 1.807) is 0 Å². The lowest BCUT2D eigenvalue weighted by Gasteiger charge is -2.16. The van der Waals surface area contributed by atoms with Crippen LogP contribution in [0.4, 0.5) is 0 Å². The molecule has 6 nitrogen and oxygen atoms in total. The molecule has 1 aromatic heterocycles. The molecule has 0 aromatic carbocycles. The molecular formula is C15H19N3O3S. The molecule has 0 bridgehead atoms. The fraction of sp³-hybridized carbons (Fsp3) is 0.533. The summed E-state index contributed by atoms with van der Waals surface area (Å²) in [7, 11) is 0. The van der Waals surface area contributed by atoms with Crippen LogP contribution in [-0.4, -0.2) is 23.8 Å². The predicted molar refractivity (Wildman–Crippen MR) is 82.3 cm³/mol. The van der Waals surface area contributed by atoms with Crippen LogP contribution in [0.15, 0.2) is 6.07 Å². The van der Waals surface area contributed by atoms with E-state index in [9.17, 15) is 14.4 Å². The lowest BCUT2D eigenvalue weighted by atomic mass is 9.90. The number of carbonyl (C=O) groups is 3. The van der Waals surface area contributed by atoms with Gasteiger partial charge in [-0.3, -0.25) is 25.2 Å². The Labute approximate surface area is 132 Å². The van der Waals surface area contributed by atoms with E-state index in [4.69, 9.17) is 0 Å². The first-order valence-electron chi connectivity index (χ1n) is 7.55. The zero-order valence-electron chi connectivity index (χ0n) is 12.4. The number of rotatable bonds is 2. The van der Waals surface area contributed by atoms with Gasteiger partial charge in [-0.05, 0) is 49.7 Å². The summed E-state index contributed by atoms with van der Waals surface area (Å²) in [4.78, 5) is 36.9. The second-order valence-corrected chi connectivity index (χ2v) is 7.20. The summed E-state index contributed by atoms with van der Waals surface area (Å²) in [5.41, 5.74) is 5.69. The third-order valence-electron chi connectivity index (χ3n) is 3.96. The molecule has 3 amide bonds. The largest absolute Gasteiger partial charge is 0.345 e. The van der Waals surface area contributed by atoms with Gasteiger partial charge in [0.15, 0.2) is 0 Å². The predicted octanol–water partition coefficient (Wildman–Crippen LogP) is 0.912. The monoisotopic (exact) mass is 321 g/mol. The van der Waals surface area contributed by atoms with Crippen molar-refractivity contribution in [1.82, 2.24) is 16.2 Å². The highest BCUT2D eigenvalue weighted by atomic mass is 32.1. The van der Waals surface area contributed by atoms with Crippen LogP contribution in [0.1, 0.15) is 46.3 Å². The van der Waals surface area contributed by atoms with E-state index in [1.807, 2.05) is 6.07 Å². The number of hydrogen-bond acceptors (Lipinski definition) is 4.